The molecule has 0 spiro atoms. The first kappa shape index (κ1) is 12.8. The molecule has 5 nitrogen and oxygen atoms in total. The van der Waals surface area contributed by atoms with Crippen LogP contribution in [0.1, 0.15) is 26.7 Å². The van der Waals surface area contributed by atoms with E-state index in [-0.39, 0.29) is 25.0 Å². The number of piperidine rings is 1. The Morgan fingerprint density at radius 2 is 2.29 bits per heavy atom. The standard InChI is InChI=1S/C12H22N2O3/c1-8(2)9-6-14-11(15)5-4-10(12(14)13-9)17-7-16-3/h8-10,12-13H,4-7H2,1-3H3/t9-,10-,12+/m0/s1. The van der Waals surface area contributed by atoms with Gasteiger partial charge in [0.1, 0.15) is 13.0 Å². The summed E-state index contributed by atoms with van der Waals surface area (Å²) < 4.78 is 10.6. The summed E-state index contributed by atoms with van der Waals surface area (Å²) in [6.07, 6.45) is 1.44. The quantitative estimate of drug-likeness (QED) is 0.732. The number of nitrogens with one attached hydrogen (secondary N) is 1. The Bertz CT molecular complexity index is 283. The number of carbonyl (C=O) groups is 1. The first-order valence-electron chi connectivity index (χ1n) is 6.29. The lowest BCUT2D eigenvalue weighted by Crippen LogP contribution is -2.53. The highest BCUT2D eigenvalue weighted by Gasteiger charge is 2.43. The highest BCUT2D eigenvalue weighted by atomic mass is 16.7. The second-order valence-electron chi connectivity index (χ2n) is 5.16. The van der Waals surface area contributed by atoms with Crippen molar-refractivity contribution in [2.75, 3.05) is 20.4 Å². The molecule has 0 aliphatic carbocycles. The van der Waals surface area contributed by atoms with E-state index in [4.69, 9.17) is 9.47 Å². The van der Waals surface area contributed by atoms with Crippen molar-refractivity contribution in [2.45, 2.75) is 45.0 Å². The summed E-state index contributed by atoms with van der Waals surface area (Å²) >= 11 is 0. The summed E-state index contributed by atoms with van der Waals surface area (Å²) in [5, 5.41) is 3.51. The number of nitrogens with zero attached hydrogens (tertiary/aromatic N) is 1. The topological polar surface area (TPSA) is 50.8 Å². The van der Waals surface area contributed by atoms with Crippen LogP contribution in [-0.4, -0.2) is 49.6 Å². The number of rotatable bonds is 4. The lowest BCUT2D eigenvalue weighted by molar-refractivity contribution is -0.150. The Balaban J connectivity index is 2.01. The van der Waals surface area contributed by atoms with Gasteiger partial charge >= 0.3 is 0 Å². The van der Waals surface area contributed by atoms with E-state index >= 15 is 0 Å². The second-order valence-corrected chi connectivity index (χ2v) is 5.16. The van der Waals surface area contributed by atoms with E-state index in [1.54, 1.807) is 7.11 Å². The van der Waals surface area contributed by atoms with Crippen molar-refractivity contribution < 1.29 is 14.3 Å². The zero-order valence-electron chi connectivity index (χ0n) is 10.8. The third-order valence-electron chi connectivity index (χ3n) is 3.63. The molecule has 2 fully saturated rings. The van der Waals surface area contributed by atoms with Gasteiger partial charge in [-0.1, -0.05) is 13.8 Å². The lowest BCUT2D eigenvalue weighted by atomic mass is 10.1. The zero-order valence-corrected chi connectivity index (χ0v) is 10.8. The summed E-state index contributed by atoms with van der Waals surface area (Å²) in [6, 6.07) is 0.371. The van der Waals surface area contributed by atoms with Gasteiger partial charge in [-0.05, 0) is 12.3 Å². The molecule has 2 aliphatic heterocycles. The van der Waals surface area contributed by atoms with Crippen LogP contribution < -0.4 is 5.32 Å². The molecule has 1 N–H and O–H groups in total. The predicted molar refractivity (Wildman–Crippen MR) is 63.2 cm³/mol. The number of methoxy groups -OCH3 is 1. The van der Waals surface area contributed by atoms with Crippen molar-refractivity contribution in [1.29, 1.82) is 0 Å². The highest BCUT2D eigenvalue weighted by Crippen LogP contribution is 2.26. The third-order valence-corrected chi connectivity index (χ3v) is 3.63. The van der Waals surface area contributed by atoms with Crippen molar-refractivity contribution in [3.63, 3.8) is 0 Å². The van der Waals surface area contributed by atoms with Gasteiger partial charge in [-0.2, -0.15) is 0 Å². The van der Waals surface area contributed by atoms with E-state index in [2.05, 4.69) is 19.2 Å². The molecule has 0 aromatic heterocycles. The summed E-state index contributed by atoms with van der Waals surface area (Å²) in [5.74, 6) is 0.763. The predicted octanol–water partition coefficient (Wildman–Crippen LogP) is 0.552. The maximum absolute atomic E-state index is 11.9. The van der Waals surface area contributed by atoms with Gasteiger partial charge in [0.25, 0.3) is 0 Å². The first-order valence-corrected chi connectivity index (χ1v) is 6.29. The molecule has 2 rings (SSSR count). The molecule has 0 bridgehead atoms. The fraction of sp³-hybridized carbons (Fsp3) is 0.917. The molecule has 2 saturated heterocycles. The van der Waals surface area contributed by atoms with E-state index in [1.165, 1.54) is 0 Å². The summed E-state index contributed by atoms with van der Waals surface area (Å²) in [5.41, 5.74) is 0. The highest BCUT2D eigenvalue weighted by molar-refractivity contribution is 5.78. The molecule has 98 valence electrons. The van der Waals surface area contributed by atoms with Crippen LogP contribution in [0.2, 0.25) is 0 Å². The Labute approximate surface area is 102 Å². The normalized spacial score (nSPS) is 33.3. The number of ether oxygens (including phenoxy) is 2. The largest absolute Gasteiger partial charge is 0.359 e. The first-order chi connectivity index (χ1) is 8.13. The van der Waals surface area contributed by atoms with Gasteiger partial charge < -0.3 is 14.4 Å². The monoisotopic (exact) mass is 242 g/mol. The summed E-state index contributed by atoms with van der Waals surface area (Å²) in [4.78, 5) is 13.8. The van der Waals surface area contributed by atoms with Crippen molar-refractivity contribution in [1.82, 2.24) is 10.2 Å². The van der Waals surface area contributed by atoms with Crippen LogP contribution >= 0.6 is 0 Å². The van der Waals surface area contributed by atoms with Crippen LogP contribution in [0.5, 0.6) is 0 Å². The Hall–Kier alpha value is -0.650. The molecule has 3 atom stereocenters. The van der Waals surface area contributed by atoms with Gasteiger partial charge in [-0.25, -0.2) is 0 Å². The lowest BCUT2D eigenvalue weighted by Gasteiger charge is -2.35. The van der Waals surface area contributed by atoms with E-state index in [0.717, 1.165) is 13.0 Å². The number of fused-ring (bicyclic) bond motifs is 1. The summed E-state index contributed by atoms with van der Waals surface area (Å²) in [6.45, 7) is 5.43. The van der Waals surface area contributed by atoms with Crippen molar-refractivity contribution >= 4 is 5.91 Å². The fourth-order valence-electron chi connectivity index (χ4n) is 2.55. The fourth-order valence-corrected chi connectivity index (χ4v) is 2.55. The Morgan fingerprint density at radius 3 is 2.94 bits per heavy atom. The molecule has 1 amide bonds. The molecule has 5 heteroatoms. The van der Waals surface area contributed by atoms with Crippen LogP contribution in [0.25, 0.3) is 0 Å². The van der Waals surface area contributed by atoms with Crippen molar-refractivity contribution in [2.24, 2.45) is 5.92 Å². The minimum Gasteiger partial charge on any atom is -0.359 e. The van der Waals surface area contributed by atoms with Gasteiger partial charge in [0.2, 0.25) is 5.91 Å². The van der Waals surface area contributed by atoms with Crippen LogP contribution in [0, 0.1) is 5.92 Å². The minimum atomic E-state index is 0.0267. The third kappa shape index (κ3) is 2.61. The molecule has 0 unspecified atom stereocenters. The van der Waals surface area contributed by atoms with E-state index < -0.39 is 0 Å². The van der Waals surface area contributed by atoms with Crippen molar-refractivity contribution in [3.05, 3.63) is 0 Å². The minimum absolute atomic E-state index is 0.0267. The van der Waals surface area contributed by atoms with Gasteiger partial charge in [0.15, 0.2) is 0 Å². The molecule has 17 heavy (non-hydrogen) atoms. The van der Waals surface area contributed by atoms with E-state index in [0.29, 0.717) is 18.4 Å². The van der Waals surface area contributed by atoms with Crippen LogP contribution in [0.15, 0.2) is 0 Å². The number of amides is 1. The Kier molecular flexibility index (Phi) is 4.01. The van der Waals surface area contributed by atoms with Gasteiger partial charge in [-0.3, -0.25) is 10.1 Å². The van der Waals surface area contributed by atoms with Crippen molar-refractivity contribution in [3.8, 4) is 0 Å². The second kappa shape index (κ2) is 5.33. The molecular formula is C12H22N2O3. The number of carbonyl (C=O) groups excluding carboxylic acids is 1. The average Bonchev–Trinajstić information content (AvgIpc) is 2.74. The SMILES string of the molecule is COCO[C@H]1CCC(=O)N2C[C@@H](C(C)C)N[C@@H]12. The molecular weight excluding hydrogens is 220 g/mol. The smallest absolute Gasteiger partial charge is 0.224 e. The van der Waals surface area contributed by atoms with Crippen LogP contribution in [0.4, 0.5) is 0 Å². The summed E-state index contributed by atoms with van der Waals surface area (Å²) in [7, 11) is 1.62. The maximum Gasteiger partial charge on any atom is 0.224 e. The van der Waals surface area contributed by atoms with E-state index in [1.807, 2.05) is 4.90 Å². The molecule has 0 aromatic carbocycles. The number of hydrogen-bond donors (Lipinski definition) is 1. The zero-order chi connectivity index (χ0) is 12.4. The molecule has 0 aromatic rings. The Morgan fingerprint density at radius 1 is 1.53 bits per heavy atom. The van der Waals surface area contributed by atoms with Gasteiger partial charge in [-0.15, -0.1) is 0 Å². The molecule has 0 radical (unpaired) electrons. The van der Waals surface area contributed by atoms with Gasteiger partial charge in [0.05, 0.1) is 6.10 Å². The molecule has 2 heterocycles. The average molecular weight is 242 g/mol. The van der Waals surface area contributed by atoms with Gasteiger partial charge in [0, 0.05) is 26.1 Å². The van der Waals surface area contributed by atoms with E-state index in [9.17, 15) is 4.79 Å². The maximum atomic E-state index is 11.9. The molecule has 0 saturated carbocycles. The molecule has 2 aliphatic rings. The van der Waals surface area contributed by atoms with Crippen LogP contribution in [0.3, 0.4) is 0 Å². The number of hydrogen-bond acceptors (Lipinski definition) is 4. The van der Waals surface area contributed by atoms with Crippen LogP contribution in [-0.2, 0) is 14.3 Å².